The van der Waals surface area contributed by atoms with Crippen molar-refractivity contribution in [3.05, 3.63) is 48.7 Å². The molecule has 25 heavy (non-hydrogen) atoms. The summed E-state index contributed by atoms with van der Waals surface area (Å²) in [7, 11) is 0. The van der Waals surface area contributed by atoms with Gasteiger partial charge in [-0.25, -0.2) is 0 Å². The maximum atomic E-state index is 11.2. The molecule has 3 saturated heterocycles. The Balaban J connectivity index is 1.67. The van der Waals surface area contributed by atoms with Crippen molar-refractivity contribution in [2.24, 2.45) is 11.8 Å². The summed E-state index contributed by atoms with van der Waals surface area (Å²) in [4.78, 5) is 6.89. The second-order valence-electron chi connectivity index (χ2n) is 7.20. The minimum atomic E-state index is -0.504. The summed E-state index contributed by atoms with van der Waals surface area (Å²) in [6.45, 7) is 8.69. The zero-order chi connectivity index (χ0) is 17.4. The summed E-state index contributed by atoms with van der Waals surface area (Å²) in [5.74, 6) is 2.04. The van der Waals surface area contributed by atoms with Crippen LogP contribution >= 0.6 is 0 Å². The average Bonchev–Trinajstić information content (AvgIpc) is 2.67. The fourth-order valence-electron chi connectivity index (χ4n) is 4.57. The summed E-state index contributed by atoms with van der Waals surface area (Å²) in [5, 5.41) is 12.2. The molecule has 132 valence electrons. The number of piperidine rings is 3. The molecule has 3 aliphatic heterocycles. The predicted molar refractivity (Wildman–Crippen MR) is 99.6 cm³/mol. The quantitative estimate of drug-likeness (QED) is 0.847. The van der Waals surface area contributed by atoms with Gasteiger partial charge < -0.3 is 9.84 Å². The highest BCUT2D eigenvalue weighted by atomic mass is 16.5. The zero-order valence-corrected chi connectivity index (χ0v) is 14.8. The minimum Gasteiger partial charge on any atom is -0.494 e. The number of aliphatic hydroxyl groups excluding tert-OH is 1. The summed E-state index contributed by atoms with van der Waals surface area (Å²) in [6.07, 6.45) is 5.63. The Hall–Kier alpha value is -1.91. The Morgan fingerprint density at radius 1 is 1.44 bits per heavy atom. The van der Waals surface area contributed by atoms with Gasteiger partial charge in [-0.1, -0.05) is 6.08 Å². The molecule has 5 unspecified atom stereocenters. The van der Waals surface area contributed by atoms with Crippen molar-refractivity contribution in [2.75, 3.05) is 19.7 Å². The van der Waals surface area contributed by atoms with Crippen LogP contribution in [0.2, 0.25) is 0 Å². The number of ether oxygens (including phenoxy) is 1. The molecule has 0 aliphatic carbocycles. The van der Waals surface area contributed by atoms with Gasteiger partial charge in [0, 0.05) is 24.2 Å². The highest BCUT2D eigenvalue weighted by Crippen LogP contribution is 2.42. The summed E-state index contributed by atoms with van der Waals surface area (Å²) in [5.41, 5.74) is 1.86. The summed E-state index contributed by atoms with van der Waals surface area (Å²) in [6, 6.07) is 8.05. The molecular weight excluding hydrogens is 312 g/mol. The Bertz CT molecular complexity index is 776. The van der Waals surface area contributed by atoms with E-state index in [1.165, 1.54) is 6.42 Å². The van der Waals surface area contributed by atoms with Crippen molar-refractivity contribution in [2.45, 2.75) is 31.9 Å². The third-order valence-corrected chi connectivity index (χ3v) is 5.89. The number of fused-ring (bicyclic) bond motifs is 4. The van der Waals surface area contributed by atoms with E-state index in [1.807, 2.05) is 31.2 Å². The molecule has 1 aromatic heterocycles. The van der Waals surface area contributed by atoms with E-state index >= 15 is 0 Å². The maximum absolute atomic E-state index is 11.2. The molecule has 5 rings (SSSR count). The van der Waals surface area contributed by atoms with Gasteiger partial charge in [0.25, 0.3) is 0 Å². The van der Waals surface area contributed by atoms with Crippen molar-refractivity contribution in [3.63, 3.8) is 0 Å². The Labute approximate surface area is 149 Å². The fourth-order valence-corrected chi connectivity index (χ4v) is 4.57. The maximum Gasteiger partial charge on any atom is 0.120 e. The first kappa shape index (κ1) is 16.6. The number of hydrogen-bond acceptors (Lipinski definition) is 4. The molecular formula is C21H26N2O2. The van der Waals surface area contributed by atoms with Crippen LogP contribution in [0.5, 0.6) is 5.75 Å². The largest absolute Gasteiger partial charge is 0.494 e. The third kappa shape index (κ3) is 2.94. The molecule has 4 nitrogen and oxygen atoms in total. The molecule has 4 heterocycles. The molecule has 0 saturated carbocycles. The van der Waals surface area contributed by atoms with E-state index in [-0.39, 0.29) is 6.04 Å². The smallest absolute Gasteiger partial charge is 0.120 e. The molecule has 2 bridgehead atoms. The molecule has 0 amide bonds. The summed E-state index contributed by atoms with van der Waals surface area (Å²) < 4.78 is 5.64. The standard InChI is InChI=1S/C21H26N2O2/c1-3-14-13-23-10-8-15(14)11-20(23)21(24)17-7-9-22-19-6-5-16(25-4-2)12-18(17)19/h3,5-7,9,12,14-15,20-21,24H,1,4,8,10-11,13H2,2H3. The zero-order valence-electron chi connectivity index (χ0n) is 14.8. The van der Waals surface area contributed by atoms with Gasteiger partial charge in [0.2, 0.25) is 0 Å². The number of aliphatic hydroxyl groups is 1. The molecule has 3 fully saturated rings. The molecule has 1 N–H and O–H groups in total. The van der Waals surface area contributed by atoms with Crippen LogP contribution in [0, 0.1) is 11.8 Å². The van der Waals surface area contributed by atoms with E-state index in [0.717, 1.165) is 41.7 Å². The van der Waals surface area contributed by atoms with Gasteiger partial charge in [-0.3, -0.25) is 9.88 Å². The van der Waals surface area contributed by atoms with Gasteiger partial charge in [-0.05, 0) is 68.0 Å². The lowest BCUT2D eigenvalue weighted by Gasteiger charge is -2.50. The van der Waals surface area contributed by atoms with Gasteiger partial charge in [0.1, 0.15) is 5.75 Å². The highest BCUT2D eigenvalue weighted by molar-refractivity contribution is 5.84. The van der Waals surface area contributed by atoms with Gasteiger partial charge in [-0.2, -0.15) is 0 Å². The lowest BCUT2D eigenvalue weighted by atomic mass is 9.73. The predicted octanol–water partition coefficient (Wildman–Crippen LogP) is 3.56. The van der Waals surface area contributed by atoms with E-state index in [9.17, 15) is 5.11 Å². The fraction of sp³-hybridized carbons (Fsp3) is 0.476. The van der Waals surface area contributed by atoms with Crippen molar-refractivity contribution in [1.29, 1.82) is 0 Å². The number of hydrogen-bond donors (Lipinski definition) is 1. The third-order valence-electron chi connectivity index (χ3n) is 5.89. The van der Waals surface area contributed by atoms with Crippen molar-refractivity contribution in [3.8, 4) is 5.75 Å². The first-order chi connectivity index (χ1) is 12.2. The monoisotopic (exact) mass is 338 g/mol. The van der Waals surface area contributed by atoms with Crippen LogP contribution in [-0.4, -0.2) is 40.7 Å². The minimum absolute atomic E-state index is 0.177. The Morgan fingerprint density at radius 3 is 3.04 bits per heavy atom. The normalized spacial score (nSPS) is 29.5. The second kappa shape index (κ2) is 6.77. The van der Waals surface area contributed by atoms with Crippen LogP contribution in [0.4, 0.5) is 0 Å². The van der Waals surface area contributed by atoms with E-state index in [2.05, 4.69) is 22.5 Å². The molecule has 0 spiro atoms. The molecule has 5 atom stereocenters. The number of pyridine rings is 1. The van der Waals surface area contributed by atoms with E-state index in [1.54, 1.807) is 6.20 Å². The number of aromatic nitrogens is 1. The van der Waals surface area contributed by atoms with Gasteiger partial charge in [-0.15, -0.1) is 6.58 Å². The molecule has 4 heteroatoms. The molecule has 1 aromatic carbocycles. The lowest BCUT2D eigenvalue weighted by molar-refractivity contribution is -0.0444. The van der Waals surface area contributed by atoms with Crippen LogP contribution < -0.4 is 4.74 Å². The number of benzene rings is 1. The average molecular weight is 338 g/mol. The van der Waals surface area contributed by atoms with Crippen LogP contribution in [0.25, 0.3) is 10.9 Å². The topological polar surface area (TPSA) is 45.6 Å². The molecule has 3 aliphatic rings. The SMILES string of the molecule is C=CC1CN2CCC1CC2C(O)c1ccnc2ccc(OCC)cc12. The summed E-state index contributed by atoms with van der Waals surface area (Å²) >= 11 is 0. The van der Waals surface area contributed by atoms with E-state index in [0.29, 0.717) is 18.4 Å². The van der Waals surface area contributed by atoms with E-state index < -0.39 is 6.10 Å². The highest BCUT2D eigenvalue weighted by Gasteiger charge is 2.42. The van der Waals surface area contributed by atoms with Crippen LogP contribution in [0.1, 0.15) is 31.4 Å². The van der Waals surface area contributed by atoms with Gasteiger partial charge >= 0.3 is 0 Å². The van der Waals surface area contributed by atoms with Crippen molar-refractivity contribution in [1.82, 2.24) is 9.88 Å². The van der Waals surface area contributed by atoms with Crippen LogP contribution in [-0.2, 0) is 0 Å². The molecule has 2 aromatic rings. The molecule has 0 radical (unpaired) electrons. The van der Waals surface area contributed by atoms with Gasteiger partial charge in [0.15, 0.2) is 0 Å². The Kier molecular flexibility index (Phi) is 4.48. The van der Waals surface area contributed by atoms with Crippen LogP contribution in [0.15, 0.2) is 43.1 Å². The van der Waals surface area contributed by atoms with Crippen molar-refractivity contribution >= 4 is 10.9 Å². The number of rotatable bonds is 5. The first-order valence-electron chi connectivity index (χ1n) is 9.27. The van der Waals surface area contributed by atoms with Gasteiger partial charge in [0.05, 0.1) is 18.2 Å². The second-order valence-corrected chi connectivity index (χ2v) is 7.20. The lowest BCUT2D eigenvalue weighted by Crippen LogP contribution is -2.54. The Morgan fingerprint density at radius 2 is 2.32 bits per heavy atom. The van der Waals surface area contributed by atoms with Crippen molar-refractivity contribution < 1.29 is 9.84 Å². The van der Waals surface area contributed by atoms with E-state index in [4.69, 9.17) is 4.74 Å². The number of nitrogens with zero attached hydrogens (tertiary/aromatic N) is 2. The first-order valence-corrected chi connectivity index (χ1v) is 9.27. The van der Waals surface area contributed by atoms with Crippen LogP contribution in [0.3, 0.4) is 0 Å².